The largest absolute Gasteiger partial charge is 0.495 e. The molecule has 0 amide bonds. The second-order valence-electron chi connectivity index (χ2n) is 5.52. The van der Waals surface area contributed by atoms with Gasteiger partial charge in [0, 0.05) is 0 Å². The summed E-state index contributed by atoms with van der Waals surface area (Å²) in [5.41, 5.74) is 0.642. The topological polar surface area (TPSA) is 80.9 Å². The second-order valence-corrected chi connectivity index (χ2v) is 7.69. The minimum absolute atomic E-state index is 0.0411. The molecule has 0 unspecified atom stereocenters. The first-order valence-corrected chi connectivity index (χ1v) is 9.85. The molecule has 0 aliphatic heterocycles. The Balaban J connectivity index is 1.64. The summed E-state index contributed by atoms with van der Waals surface area (Å²) < 4.78 is 37.6. The number of aliphatic imine (C=N–C) groups is 1. The highest BCUT2D eigenvalue weighted by atomic mass is 35.5. The van der Waals surface area contributed by atoms with Crippen LogP contribution in [0.4, 0.5) is 5.69 Å². The Kier molecular flexibility index (Phi) is 5.95. The molecule has 1 N–H and O–H groups in total. The summed E-state index contributed by atoms with van der Waals surface area (Å²) in [5.74, 6) is 1.54. The van der Waals surface area contributed by atoms with Crippen LogP contribution in [0.3, 0.4) is 0 Å². The number of halogens is 1. The van der Waals surface area contributed by atoms with E-state index in [0.29, 0.717) is 28.0 Å². The molecule has 0 saturated carbocycles. The highest BCUT2D eigenvalue weighted by molar-refractivity contribution is 7.89. The molecule has 0 saturated heterocycles. The molecule has 0 fully saturated rings. The molecule has 0 aliphatic carbocycles. The number of sulfonamides is 1. The number of nitrogens with one attached hydrogen (secondary N) is 1. The predicted octanol–water partition coefficient (Wildman–Crippen LogP) is 4.17. The van der Waals surface area contributed by atoms with Crippen LogP contribution >= 0.6 is 11.6 Å². The Morgan fingerprint density at radius 3 is 2.63 bits per heavy atom. The maximum Gasteiger partial charge on any atom is 0.240 e. The fourth-order valence-electron chi connectivity index (χ4n) is 2.28. The van der Waals surface area contributed by atoms with Crippen molar-refractivity contribution in [1.82, 2.24) is 4.72 Å². The molecule has 0 spiro atoms. The van der Waals surface area contributed by atoms with Crippen LogP contribution in [0.15, 0.2) is 75.0 Å². The highest BCUT2D eigenvalue weighted by Crippen LogP contribution is 2.28. The van der Waals surface area contributed by atoms with Crippen molar-refractivity contribution in [2.75, 3.05) is 7.11 Å². The number of ether oxygens (including phenoxy) is 1. The molecule has 0 atom stereocenters. The van der Waals surface area contributed by atoms with Gasteiger partial charge in [-0.2, -0.15) is 0 Å². The van der Waals surface area contributed by atoms with E-state index in [1.54, 1.807) is 55.6 Å². The third-order valence-electron chi connectivity index (χ3n) is 3.65. The lowest BCUT2D eigenvalue weighted by Crippen LogP contribution is -2.22. The molecule has 1 heterocycles. The summed E-state index contributed by atoms with van der Waals surface area (Å²) in [5, 5.41) is 0.461. The van der Waals surface area contributed by atoms with E-state index in [1.807, 2.05) is 0 Å². The van der Waals surface area contributed by atoms with Gasteiger partial charge in [0.1, 0.15) is 17.3 Å². The summed E-state index contributed by atoms with van der Waals surface area (Å²) in [4.78, 5) is 4.49. The summed E-state index contributed by atoms with van der Waals surface area (Å²) >= 11 is 6.06. The lowest BCUT2D eigenvalue weighted by atomic mass is 10.3. The smallest absolute Gasteiger partial charge is 0.240 e. The van der Waals surface area contributed by atoms with Gasteiger partial charge in [-0.3, -0.25) is 4.99 Å². The average molecular weight is 405 g/mol. The number of methoxy groups -OCH3 is 1. The standard InChI is InChI=1S/C19H17ClN2O4S/c1-25-19-10-7-14(11-18(19)20)21-12-15-8-9-16(26-15)13-22-27(23,24)17-5-3-2-4-6-17/h2-12,22H,13H2,1H3. The van der Waals surface area contributed by atoms with Gasteiger partial charge in [0.2, 0.25) is 10.0 Å². The Labute approximate surface area is 162 Å². The van der Waals surface area contributed by atoms with Crippen molar-refractivity contribution >= 4 is 33.5 Å². The van der Waals surface area contributed by atoms with E-state index in [-0.39, 0.29) is 11.4 Å². The number of furan rings is 1. The predicted molar refractivity (Wildman–Crippen MR) is 104 cm³/mol. The fourth-order valence-corrected chi connectivity index (χ4v) is 3.55. The normalized spacial score (nSPS) is 11.8. The Morgan fingerprint density at radius 2 is 1.93 bits per heavy atom. The molecule has 0 aliphatic rings. The van der Waals surface area contributed by atoms with E-state index in [0.717, 1.165) is 0 Å². The molecule has 2 aromatic carbocycles. The van der Waals surface area contributed by atoms with E-state index in [1.165, 1.54) is 18.3 Å². The van der Waals surface area contributed by atoms with Gasteiger partial charge < -0.3 is 9.15 Å². The number of hydrogen-bond acceptors (Lipinski definition) is 5. The molecule has 0 radical (unpaired) electrons. The first-order valence-electron chi connectivity index (χ1n) is 7.99. The number of benzene rings is 2. The minimum atomic E-state index is -3.59. The summed E-state index contributed by atoms with van der Waals surface area (Å²) in [6.07, 6.45) is 1.54. The van der Waals surface area contributed by atoms with Crippen LogP contribution in [0, 0.1) is 0 Å². The van der Waals surface area contributed by atoms with Crippen LogP contribution in [-0.2, 0) is 16.6 Å². The van der Waals surface area contributed by atoms with Crippen molar-refractivity contribution < 1.29 is 17.6 Å². The monoisotopic (exact) mass is 404 g/mol. The summed E-state index contributed by atoms with van der Waals surface area (Å²) in [7, 11) is -2.04. The average Bonchev–Trinajstić information content (AvgIpc) is 3.14. The van der Waals surface area contributed by atoms with E-state index in [9.17, 15) is 8.42 Å². The minimum Gasteiger partial charge on any atom is -0.495 e. The highest BCUT2D eigenvalue weighted by Gasteiger charge is 2.13. The van der Waals surface area contributed by atoms with Crippen LogP contribution in [0.5, 0.6) is 5.75 Å². The van der Waals surface area contributed by atoms with Crippen molar-refractivity contribution in [2.24, 2.45) is 4.99 Å². The maximum atomic E-state index is 12.2. The summed E-state index contributed by atoms with van der Waals surface area (Å²) in [6.45, 7) is 0.0411. The SMILES string of the molecule is COc1ccc(N=Cc2ccc(CNS(=O)(=O)c3ccccc3)o2)cc1Cl. The second kappa shape index (κ2) is 8.39. The Hall–Kier alpha value is -2.61. The van der Waals surface area contributed by atoms with Crippen molar-refractivity contribution in [1.29, 1.82) is 0 Å². The molecule has 3 aromatic rings. The zero-order valence-electron chi connectivity index (χ0n) is 14.4. The van der Waals surface area contributed by atoms with Crippen LogP contribution in [0.2, 0.25) is 5.02 Å². The van der Waals surface area contributed by atoms with Gasteiger partial charge in [-0.1, -0.05) is 29.8 Å². The van der Waals surface area contributed by atoms with Gasteiger partial charge in [-0.25, -0.2) is 13.1 Å². The van der Waals surface area contributed by atoms with Gasteiger partial charge in [-0.05, 0) is 42.5 Å². The van der Waals surface area contributed by atoms with Crippen molar-refractivity contribution in [3.63, 3.8) is 0 Å². The maximum absolute atomic E-state index is 12.2. The Morgan fingerprint density at radius 1 is 1.15 bits per heavy atom. The molecule has 140 valence electrons. The molecular formula is C19H17ClN2O4S. The lowest BCUT2D eigenvalue weighted by Gasteiger charge is -2.04. The van der Waals surface area contributed by atoms with Gasteiger partial charge in [0.15, 0.2) is 0 Å². The van der Waals surface area contributed by atoms with Crippen molar-refractivity contribution in [3.8, 4) is 5.75 Å². The first-order chi connectivity index (χ1) is 13.0. The van der Waals surface area contributed by atoms with Crippen LogP contribution in [-0.4, -0.2) is 21.7 Å². The van der Waals surface area contributed by atoms with Crippen LogP contribution < -0.4 is 9.46 Å². The quantitative estimate of drug-likeness (QED) is 0.599. The molecular weight excluding hydrogens is 388 g/mol. The molecule has 0 bridgehead atoms. The van der Waals surface area contributed by atoms with Gasteiger partial charge >= 0.3 is 0 Å². The van der Waals surface area contributed by atoms with E-state index >= 15 is 0 Å². The fraction of sp³-hybridized carbons (Fsp3) is 0.105. The van der Waals surface area contributed by atoms with Gasteiger partial charge in [0.25, 0.3) is 0 Å². The van der Waals surface area contributed by atoms with Gasteiger partial charge in [0.05, 0.1) is 35.5 Å². The summed E-state index contributed by atoms with van der Waals surface area (Å²) in [6, 6.07) is 16.7. The third kappa shape index (κ3) is 4.97. The van der Waals surface area contributed by atoms with E-state index < -0.39 is 10.0 Å². The number of rotatable bonds is 7. The van der Waals surface area contributed by atoms with Crippen LogP contribution in [0.1, 0.15) is 11.5 Å². The molecule has 27 heavy (non-hydrogen) atoms. The zero-order valence-corrected chi connectivity index (χ0v) is 16.0. The van der Waals surface area contributed by atoms with Crippen molar-refractivity contribution in [3.05, 3.63) is 77.2 Å². The molecule has 8 heteroatoms. The third-order valence-corrected chi connectivity index (χ3v) is 5.36. The molecule has 6 nitrogen and oxygen atoms in total. The van der Waals surface area contributed by atoms with E-state index in [2.05, 4.69) is 9.71 Å². The van der Waals surface area contributed by atoms with Crippen LogP contribution in [0.25, 0.3) is 0 Å². The molecule has 3 rings (SSSR count). The number of nitrogens with zero attached hydrogens (tertiary/aromatic N) is 1. The first kappa shape index (κ1) is 19.2. The number of hydrogen-bond donors (Lipinski definition) is 1. The van der Waals surface area contributed by atoms with Gasteiger partial charge in [-0.15, -0.1) is 0 Å². The van der Waals surface area contributed by atoms with E-state index in [4.69, 9.17) is 20.8 Å². The zero-order chi connectivity index (χ0) is 19.3. The lowest BCUT2D eigenvalue weighted by molar-refractivity contribution is 0.415. The Bertz CT molecular complexity index is 1050. The van der Waals surface area contributed by atoms with Crippen molar-refractivity contribution in [2.45, 2.75) is 11.4 Å². The molecule has 1 aromatic heterocycles.